The van der Waals surface area contributed by atoms with Gasteiger partial charge in [0.1, 0.15) is 11.6 Å². The van der Waals surface area contributed by atoms with E-state index in [2.05, 4.69) is 0 Å². The van der Waals surface area contributed by atoms with Crippen LogP contribution in [0, 0.1) is 18.6 Å². The van der Waals surface area contributed by atoms with Gasteiger partial charge in [-0.15, -0.1) is 0 Å². The molecule has 116 valence electrons. The largest absolute Gasteiger partial charge is 0.366 e. The van der Waals surface area contributed by atoms with Crippen LogP contribution < -0.4 is 10.5 Å². The zero-order valence-electron chi connectivity index (χ0n) is 11.4. The summed E-state index contributed by atoms with van der Waals surface area (Å²) in [4.78, 5) is 10.9. The molecule has 22 heavy (non-hydrogen) atoms. The second-order valence-electron chi connectivity index (χ2n) is 4.59. The lowest BCUT2D eigenvalue weighted by atomic mass is 10.2. The third kappa shape index (κ3) is 3.22. The van der Waals surface area contributed by atoms with Crippen molar-refractivity contribution in [3.63, 3.8) is 0 Å². The fourth-order valence-corrected chi connectivity index (χ4v) is 2.80. The van der Waals surface area contributed by atoms with Crippen LogP contribution in [0.5, 0.6) is 0 Å². The maximum absolute atomic E-state index is 13.7. The van der Waals surface area contributed by atoms with Gasteiger partial charge in [0, 0.05) is 6.07 Å². The molecule has 0 spiro atoms. The van der Waals surface area contributed by atoms with Crippen LogP contribution in [0.1, 0.15) is 15.9 Å². The van der Waals surface area contributed by atoms with Crippen LogP contribution in [0.15, 0.2) is 41.3 Å². The molecule has 0 aromatic heterocycles. The fraction of sp³-hybridized carbons (Fsp3) is 0.0714. The lowest BCUT2D eigenvalue weighted by molar-refractivity contribution is 0.0996. The molecule has 2 aromatic rings. The number of amides is 1. The number of nitrogens with one attached hydrogen (secondary N) is 1. The van der Waals surface area contributed by atoms with Gasteiger partial charge in [-0.3, -0.25) is 9.52 Å². The minimum absolute atomic E-state index is 0.0950. The quantitative estimate of drug-likeness (QED) is 0.902. The number of sulfonamides is 1. The Bertz CT molecular complexity index is 834. The maximum atomic E-state index is 13.7. The van der Waals surface area contributed by atoms with E-state index in [0.29, 0.717) is 6.07 Å². The first-order chi connectivity index (χ1) is 10.2. The van der Waals surface area contributed by atoms with E-state index in [1.807, 2.05) is 4.72 Å². The van der Waals surface area contributed by atoms with E-state index in [1.54, 1.807) is 19.1 Å². The third-order valence-corrected chi connectivity index (χ3v) is 4.28. The Balaban J connectivity index is 2.43. The van der Waals surface area contributed by atoms with Gasteiger partial charge in [0.2, 0.25) is 0 Å². The summed E-state index contributed by atoms with van der Waals surface area (Å²) in [6.45, 7) is 1.78. The second kappa shape index (κ2) is 5.72. The number of halogens is 2. The summed E-state index contributed by atoms with van der Waals surface area (Å²) < 4.78 is 53.3. The van der Waals surface area contributed by atoms with E-state index < -0.39 is 38.8 Å². The van der Waals surface area contributed by atoms with Crippen molar-refractivity contribution >= 4 is 21.6 Å². The van der Waals surface area contributed by atoms with Crippen LogP contribution in [-0.4, -0.2) is 14.3 Å². The highest BCUT2D eigenvalue weighted by Gasteiger charge is 2.19. The van der Waals surface area contributed by atoms with E-state index in [0.717, 1.165) is 11.6 Å². The van der Waals surface area contributed by atoms with Crippen LogP contribution >= 0.6 is 0 Å². The topological polar surface area (TPSA) is 89.3 Å². The molecule has 3 N–H and O–H groups in total. The van der Waals surface area contributed by atoms with Crippen LogP contribution in [0.2, 0.25) is 0 Å². The number of carbonyl (C=O) groups is 1. The third-order valence-electron chi connectivity index (χ3n) is 2.90. The number of rotatable bonds is 4. The van der Waals surface area contributed by atoms with Gasteiger partial charge in [0.05, 0.1) is 16.1 Å². The van der Waals surface area contributed by atoms with E-state index in [4.69, 9.17) is 5.73 Å². The van der Waals surface area contributed by atoms with Gasteiger partial charge < -0.3 is 5.73 Å². The maximum Gasteiger partial charge on any atom is 0.261 e. The van der Waals surface area contributed by atoms with Gasteiger partial charge in [-0.25, -0.2) is 17.2 Å². The van der Waals surface area contributed by atoms with Crippen LogP contribution in [0.4, 0.5) is 14.5 Å². The van der Waals surface area contributed by atoms with Gasteiger partial charge in [0.15, 0.2) is 0 Å². The standard InChI is InChI=1S/C14H12F2N2O3S/c1-8-2-4-9(5-3-8)22(20,21)18-13-6-10(14(17)19)11(15)7-12(13)16/h2-7,18H,1H3,(H2,17,19). The molecule has 0 aliphatic carbocycles. The lowest BCUT2D eigenvalue weighted by Gasteiger charge is -2.10. The molecule has 8 heteroatoms. The Kier molecular flexibility index (Phi) is 4.14. The smallest absolute Gasteiger partial charge is 0.261 e. The van der Waals surface area contributed by atoms with Gasteiger partial charge in [-0.2, -0.15) is 0 Å². The van der Waals surface area contributed by atoms with Crippen molar-refractivity contribution in [2.75, 3.05) is 4.72 Å². The molecule has 0 saturated carbocycles. The van der Waals surface area contributed by atoms with Crippen molar-refractivity contribution in [2.45, 2.75) is 11.8 Å². The van der Waals surface area contributed by atoms with Gasteiger partial charge in [0.25, 0.3) is 15.9 Å². The number of anilines is 1. The van der Waals surface area contributed by atoms with E-state index in [1.165, 1.54) is 12.1 Å². The van der Waals surface area contributed by atoms with Crippen molar-refractivity contribution in [2.24, 2.45) is 5.73 Å². The number of benzene rings is 2. The van der Waals surface area contributed by atoms with E-state index in [9.17, 15) is 22.0 Å². The molecule has 0 atom stereocenters. The first-order valence-electron chi connectivity index (χ1n) is 6.09. The summed E-state index contributed by atoms with van der Waals surface area (Å²) in [6, 6.07) is 6.95. The monoisotopic (exact) mass is 326 g/mol. The van der Waals surface area contributed by atoms with Crippen molar-refractivity contribution in [3.8, 4) is 0 Å². The summed E-state index contributed by atoms with van der Waals surface area (Å²) in [5.74, 6) is -3.45. The van der Waals surface area contributed by atoms with E-state index in [-0.39, 0.29) is 4.90 Å². The molecule has 0 radical (unpaired) electrons. The molecule has 2 aromatic carbocycles. The molecular formula is C14H12F2N2O3S. The SMILES string of the molecule is Cc1ccc(S(=O)(=O)Nc2cc(C(N)=O)c(F)cc2F)cc1. The number of hydrogen-bond acceptors (Lipinski definition) is 3. The molecule has 0 unspecified atom stereocenters. The Morgan fingerprint density at radius 2 is 1.68 bits per heavy atom. The Morgan fingerprint density at radius 1 is 1.09 bits per heavy atom. The summed E-state index contributed by atoms with van der Waals surface area (Å²) in [5, 5.41) is 0. The van der Waals surface area contributed by atoms with Crippen molar-refractivity contribution in [1.82, 2.24) is 0 Å². The minimum atomic E-state index is -4.07. The number of hydrogen-bond donors (Lipinski definition) is 2. The molecular weight excluding hydrogens is 314 g/mol. The Labute approximate surface area is 125 Å². The first kappa shape index (κ1) is 15.9. The fourth-order valence-electron chi connectivity index (χ4n) is 1.74. The average molecular weight is 326 g/mol. The highest BCUT2D eigenvalue weighted by Crippen LogP contribution is 2.23. The average Bonchev–Trinajstić information content (AvgIpc) is 2.41. The number of aryl methyl sites for hydroxylation is 1. The van der Waals surface area contributed by atoms with Crippen molar-refractivity contribution < 1.29 is 22.0 Å². The summed E-state index contributed by atoms with van der Waals surface area (Å²) in [7, 11) is -4.07. The molecule has 0 aliphatic heterocycles. The number of carbonyl (C=O) groups excluding carboxylic acids is 1. The molecule has 0 saturated heterocycles. The zero-order valence-corrected chi connectivity index (χ0v) is 12.2. The van der Waals surface area contributed by atoms with Crippen LogP contribution in [0.25, 0.3) is 0 Å². The summed E-state index contributed by atoms with van der Waals surface area (Å²) in [6.07, 6.45) is 0. The number of nitrogens with two attached hydrogens (primary N) is 1. The molecule has 0 fully saturated rings. The molecule has 1 amide bonds. The molecule has 0 heterocycles. The highest BCUT2D eigenvalue weighted by atomic mass is 32.2. The van der Waals surface area contributed by atoms with Gasteiger partial charge >= 0.3 is 0 Å². The second-order valence-corrected chi connectivity index (χ2v) is 6.28. The molecule has 0 aliphatic rings. The van der Waals surface area contributed by atoms with Crippen LogP contribution in [-0.2, 0) is 10.0 Å². The molecule has 2 rings (SSSR count). The first-order valence-corrected chi connectivity index (χ1v) is 7.57. The van der Waals surface area contributed by atoms with Gasteiger partial charge in [-0.1, -0.05) is 17.7 Å². The van der Waals surface area contributed by atoms with Gasteiger partial charge in [-0.05, 0) is 25.1 Å². The van der Waals surface area contributed by atoms with Crippen molar-refractivity contribution in [3.05, 3.63) is 59.2 Å². The number of primary amides is 1. The normalized spacial score (nSPS) is 11.2. The Morgan fingerprint density at radius 3 is 2.23 bits per heavy atom. The lowest BCUT2D eigenvalue weighted by Crippen LogP contribution is -2.17. The summed E-state index contributed by atoms with van der Waals surface area (Å²) >= 11 is 0. The zero-order chi connectivity index (χ0) is 16.5. The summed E-state index contributed by atoms with van der Waals surface area (Å²) in [5.41, 5.74) is 4.63. The Hall–Kier alpha value is -2.48. The molecule has 5 nitrogen and oxygen atoms in total. The molecule has 0 bridgehead atoms. The predicted molar refractivity (Wildman–Crippen MR) is 76.9 cm³/mol. The minimum Gasteiger partial charge on any atom is -0.366 e. The van der Waals surface area contributed by atoms with E-state index >= 15 is 0 Å². The van der Waals surface area contributed by atoms with Crippen molar-refractivity contribution in [1.29, 1.82) is 0 Å². The highest BCUT2D eigenvalue weighted by molar-refractivity contribution is 7.92. The predicted octanol–water partition coefficient (Wildman–Crippen LogP) is 2.17. The van der Waals surface area contributed by atoms with Crippen LogP contribution in [0.3, 0.4) is 0 Å².